The molecule has 0 aliphatic rings. The van der Waals surface area contributed by atoms with Crippen molar-refractivity contribution < 1.29 is 30.7 Å². The molecule has 5 heteroatoms. The number of ether oxygens (including phenoxy) is 2. The first kappa shape index (κ1) is 42.5. The van der Waals surface area contributed by atoms with Gasteiger partial charge in [-0.2, -0.15) is 0 Å². The highest BCUT2D eigenvalue weighted by Crippen LogP contribution is 2.39. The van der Waals surface area contributed by atoms with Gasteiger partial charge in [-0.3, -0.25) is 0 Å². The van der Waals surface area contributed by atoms with E-state index in [1.165, 1.54) is 81.0 Å². The topological polar surface area (TPSA) is 18.5 Å². The summed E-state index contributed by atoms with van der Waals surface area (Å²) in [7, 11) is -0.450. The molecule has 0 bridgehead atoms. The molecule has 61 heavy (non-hydrogen) atoms. The Balaban J connectivity index is 0.917. The average molecular weight is 948 g/mol. The second-order valence-corrected chi connectivity index (χ2v) is 22.5. The summed E-state index contributed by atoms with van der Waals surface area (Å²) < 4.78 is 15.4. The molecule has 0 aliphatic carbocycles. The molecule has 0 saturated heterocycles. The van der Waals surface area contributed by atoms with Gasteiger partial charge in [-0.15, -0.1) is 0 Å². The van der Waals surface area contributed by atoms with E-state index in [-0.39, 0.29) is 43.0 Å². The molecule has 0 radical (unpaired) electrons. The standard InChI is InChI=1S/C56H52IO2S2/c1-37-13-9-17-53(41(37)5)60(54-18-10-14-38(2)42(54)6)51-33-29-49(30-34-51)58-47-25-21-45(22-26-47)57-46-23-27-48(28-24-46)59-50-31-35-52(36-32-50)61(55-19-11-15-39(3)43(55)7)56-20-12-16-40(4)44(56)8/h9-36H,1-8H3/q+3. The van der Waals surface area contributed by atoms with E-state index in [2.05, 4.69) is 225 Å². The lowest BCUT2D eigenvalue weighted by Gasteiger charge is -2.15. The number of aryl methyl sites for hydroxylation is 4. The zero-order chi connectivity index (χ0) is 42.6. The minimum absolute atomic E-state index is 0.225. The summed E-state index contributed by atoms with van der Waals surface area (Å²) in [4.78, 5) is 8.08. The van der Waals surface area contributed by atoms with Gasteiger partial charge in [-0.1, -0.05) is 48.5 Å². The maximum absolute atomic E-state index is 6.37. The van der Waals surface area contributed by atoms with Crippen LogP contribution in [0.5, 0.6) is 23.0 Å². The second kappa shape index (κ2) is 18.8. The third-order valence-corrected chi connectivity index (χ3v) is 19.2. The largest absolute Gasteiger partial charge is 0.457 e. The first-order valence-corrected chi connectivity index (χ1v) is 25.3. The van der Waals surface area contributed by atoms with E-state index in [0.29, 0.717) is 0 Å². The predicted octanol–water partition coefficient (Wildman–Crippen LogP) is 12.1. The van der Waals surface area contributed by atoms with Crippen molar-refractivity contribution in [3.05, 3.63) is 222 Å². The predicted molar refractivity (Wildman–Crippen MR) is 251 cm³/mol. The molecule has 0 fully saturated rings. The van der Waals surface area contributed by atoms with Crippen LogP contribution >= 0.6 is 0 Å². The van der Waals surface area contributed by atoms with Crippen LogP contribution in [0.15, 0.2) is 199 Å². The van der Waals surface area contributed by atoms with Gasteiger partial charge in [0.05, 0.1) is 21.8 Å². The lowest BCUT2D eigenvalue weighted by atomic mass is 10.1. The average Bonchev–Trinajstić information content (AvgIpc) is 3.26. The molecule has 8 aromatic carbocycles. The van der Waals surface area contributed by atoms with Crippen molar-refractivity contribution in [1.29, 1.82) is 0 Å². The molecule has 0 spiro atoms. The summed E-state index contributed by atoms with van der Waals surface area (Å²) in [6.07, 6.45) is 0. The number of rotatable bonds is 12. The Morgan fingerprint density at radius 1 is 0.295 bits per heavy atom. The summed E-state index contributed by atoms with van der Waals surface area (Å²) in [6.45, 7) is 17.8. The van der Waals surface area contributed by atoms with Gasteiger partial charge < -0.3 is 9.47 Å². The van der Waals surface area contributed by atoms with Crippen LogP contribution in [0.4, 0.5) is 0 Å². The molecule has 0 aromatic heterocycles. The molecule has 0 N–H and O–H groups in total. The molecule has 0 aliphatic heterocycles. The molecular weight excluding hydrogens is 896 g/mol. The minimum Gasteiger partial charge on any atom is -0.457 e. The molecule has 0 amide bonds. The zero-order valence-electron chi connectivity index (χ0n) is 36.2. The van der Waals surface area contributed by atoms with Crippen molar-refractivity contribution in [3.8, 4) is 23.0 Å². The molecule has 8 aromatic rings. The van der Waals surface area contributed by atoms with E-state index in [9.17, 15) is 0 Å². The fourth-order valence-electron chi connectivity index (χ4n) is 7.34. The quantitative estimate of drug-likeness (QED) is 0.0897. The Morgan fingerprint density at radius 3 is 0.803 bits per heavy atom. The molecule has 0 unspecified atom stereocenters. The highest BCUT2D eigenvalue weighted by molar-refractivity contribution is 7.97. The van der Waals surface area contributed by atoms with Gasteiger partial charge in [0, 0.05) is 22.3 Å². The van der Waals surface area contributed by atoms with Gasteiger partial charge in [0.25, 0.3) is 0 Å². The summed E-state index contributed by atoms with van der Waals surface area (Å²) in [6, 6.07) is 61.3. The number of hydrogen-bond acceptors (Lipinski definition) is 2. The smallest absolute Gasteiger partial charge is 0.357 e. The molecule has 0 atom stereocenters. The van der Waals surface area contributed by atoms with Crippen LogP contribution in [-0.2, 0) is 21.8 Å². The van der Waals surface area contributed by atoms with Crippen LogP contribution in [0.25, 0.3) is 0 Å². The van der Waals surface area contributed by atoms with E-state index < -0.39 is 0 Å². The molecule has 0 saturated carbocycles. The van der Waals surface area contributed by atoms with Crippen molar-refractivity contribution in [3.63, 3.8) is 0 Å². The van der Waals surface area contributed by atoms with E-state index >= 15 is 0 Å². The van der Waals surface area contributed by atoms with Crippen molar-refractivity contribution in [2.24, 2.45) is 0 Å². The lowest BCUT2D eigenvalue weighted by molar-refractivity contribution is -0.597. The lowest BCUT2D eigenvalue weighted by Crippen LogP contribution is -3.61. The molecule has 2 nitrogen and oxygen atoms in total. The third-order valence-electron chi connectivity index (χ3n) is 11.5. The maximum Gasteiger partial charge on any atom is 0.357 e. The van der Waals surface area contributed by atoms with Crippen molar-refractivity contribution in [2.75, 3.05) is 0 Å². The minimum atomic E-state index is -0.363. The van der Waals surface area contributed by atoms with E-state index in [1.807, 2.05) is 0 Å². The van der Waals surface area contributed by atoms with Crippen LogP contribution in [0.2, 0.25) is 0 Å². The maximum atomic E-state index is 6.37. The number of hydrogen-bond donors (Lipinski definition) is 0. The van der Waals surface area contributed by atoms with E-state index in [0.717, 1.165) is 23.0 Å². The van der Waals surface area contributed by atoms with Crippen LogP contribution < -0.4 is 30.7 Å². The Kier molecular flexibility index (Phi) is 13.1. The van der Waals surface area contributed by atoms with Gasteiger partial charge in [0.2, 0.25) is 0 Å². The second-order valence-electron chi connectivity index (χ2n) is 15.6. The first-order valence-electron chi connectivity index (χ1n) is 20.7. The Labute approximate surface area is 379 Å². The summed E-state index contributed by atoms with van der Waals surface area (Å²) in [5.41, 5.74) is 10.7. The zero-order valence-corrected chi connectivity index (χ0v) is 40.0. The van der Waals surface area contributed by atoms with Gasteiger partial charge >= 0.3 is 21.2 Å². The fraction of sp³-hybridized carbons (Fsp3) is 0.143. The number of halogens is 1. The van der Waals surface area contributed by atoms with Crippen molar-refractivity contribution >= 4 is 21.8 Å². The summed E-state index contributed by atoms with van der Waals surface area (Å²) in [5.74, 6) is 3.36. The van der Waals surface area contributed by atoms with Crippen LogP contribution in [-0.4, -0.2) is 0 Å². The van der Waals surface area contributed by atoms with Gasteiger partial charge in [-0.05, 0) is 199 Å². The van der Waals surface area contributed by atoms with Gasteiger partial charge in [-0.25, -0.2) is 0 Å². The molecular formula is C56H52IO2S2+3. The highest BCUT2D eigenvalue weighted by Gasteiger charge is 2.34. The van der Waals surface area contributed by atoms with Crippen molar-refractivity contribution in [2.45, 2.75) is 84.8 Å². The van der Waals surface area contributed by atoms with Crippen molar-refractivity contribution in [1.82, 2.24) is 0 Å². The Hall–Kier alpha value is -5.21. The summed E-state index contributed by atoms with van der Waals surface area (Å²) in [5, 5.41) is 0. The SMILES string of the molecule is Cc1cccc([S+](c2ccc(Oc3ccc([I+]c4ccc(Oc5ccc([S+](c6cccc(C)c6C)c6cccc(C)c6C)cc5)cc4)cc3)cc2)c2cccc(C)c2C)c1C. The molecule has 0 heterocycles. The van der Waals surface area contributed by atoms with Crippen LogP contribution in [0.3, 0.4) is 0 Å². The fourth-order valence-corrected chi connectivity index (χ4v) is 14.5. The van der Waals surface area contributed by atoms with Crippen LogP contribution in [0.1, 0.15) is 44.5 Å². The van der Waals surface area contributed by atoms with E-state index in [4.69, 9.17) is 9.47 Å². The van der Waals surface area contributed by atoms with Gasteiger partial charge in [0.1, 0.15) is 23.0 Å². The first-order chi connectivity index (χ1) is 29.5. The highest BCUT2D eigenvalue weighted by atomic mass is 127. The van der Waals surface area contributed by atoms with Gasteiger partial charge in [0.15, 0.2) is 36.5 Å². The van der Waals surface area contributed by atoms with E-state index in [1.54, 1.807) is 0 Å². The van der Waals surface area contributed by atoms with Crippen LogP contribution in [0, 0.1) is 62.5 Å². The third kappa shape index (κ3) is 9.50. The summed E-state index contributed by atoms with van der Waals surface area (Å²) >= 11 is -0.363. The normalized spacial score (nSPS) is 11.3. The molecule has 8 rings (SSSR count). The monoisotopic (exact) mass is 947 g/mol. The molecule has 304 valence electrons. The Morgan fingerprint density at radius 2 is 0.541 bits per heavy atom. The number of benzene rings is 8. The Bertz CT molecular complexity index is 2500.